The Morgan fingerprint density at radius 2 is 1.58 bits per heavy atom. The second-order valence-electron chi connectivity index (χ2n) is 7.67. The predicted octanol–water partition coefficient (Wildman–Crippen LogP) is 5.78. The van der Waals surface area contributed by atoms with E-state index in [4.69, 9.17) is 37.4 Å². The van der Waals surface area contributed by atoms with Gasteiger partial charge in [-0.2, -0.15) is 0 Å². The Bertz CT molecular complexity index is 1390. The first-order valence-electron chi connectivity index (χ1n) is 10.5. The average molecular weight is 532 g/mol. The zero-order valence-corrected chi connectivity index (χ0v) is 20.9. The molecule has 1 saturated heterocycles. The first-order valence-corrected chi connectivity index (χ1v) is 11.3. The number of carbonyl (C=O) groups excluding carboxylic acids is 2. The Balaban J connectivity index is 2.05. The topological polar surface area (TPSA) is 85.3 Å². The van der Waals surface area contributed by atoms with E-state index in [0.29, 0.717) is 11.3 Å². The van der Waals surface area contributed by atoms with Crippen LogP contribution in [-0.4, -0.2) is 38.1 Å². The van der Waals surface area contributed by atoms with Gasteiger partial charge in [0.05, 0.1) is 43.5 Å². The van der Waals surface area contributed by atoms with E-state index in [9.17, 15) is 19.1 Å². The molecule has 1 heterocycles. The van der Waals surface area contributed by atoms with Crippen molar-refractivity contribution in [2.45, 2.75) is 6.04 Å². The van der Waals surface area contributed by atoms with Crippen LogP contribution in [0.1, 0.15) is 17.2 Å². The summed E-state index contributed by atoms with van der Waals surface area (Å²) in [6, 6.07) is 12.0. The van der Waals surface area contributed by atoms with Gasteiger partial charge >= 0.3 is 0 Å². The summed E-state index contributed by atoms with van der Waals surface area (Å²) in [6.45, 7) is 0. The summed E-state index contributed by atoms with van der Waals surface area (Å²) >= 11 is 12.7. The van der Waals surface area contributed by atoms with Gasteiger partial charge < -0.3 is 19.3 Å². The molecule has 0 radical (unpaired) electrons. The summed E-state index contributed by atoms with van der Waals surface area (Å²) in [5.74, 6) is -2.53. The third-order valence-electron chi connectivity index (χ3n) is 5.78. The fourth-order valence-corrected chi connectivity index (χ4v) is 4.87. The van der Waals surface area contributed by atoms with Crippen molar-refractivity contribution in [3.8, 4) is 17.2 Å². The third-order valence-corrected chi connectivity index (χ3v) is 6.40. The molecule has 1 fully saturated rings. The number of ketones is 1. The Kier molecular flexibility index (Phi) is 7.10. The summed E-state index contributed by atoms with van der Waals surface area (Å²) in [4.78, 5) is 27.9. The van der Waals surface area contributed by atoms with Crippen molar-refractivity contribution in [2.75, 3.05) is 26.2 Å². The zero-order chi connectivity index (χ0) is 26.1. The number of anilines is 1. The number of nitrogens with zero attached hydrogens (tertiary/aromatic N) is 1. The summed E-state index contributed by atoms with van der Waals surface area (Å²) in [7, 11) is 4.12. The monoisotopic (exact) mass is 531 g/mol. The number of methoxy groups -OCH3 is 3. The van der Waals surface area contributed by atoms with E-state index in [1.165, 1.54) is 56.6 Å². The molecule has 36 heavy (non-hydrogen) atoms. The van der Waals surface area contributed by atoms with Crippen LogP contribution in [0.4, 0.5) is 10.1 Å². The molecule has 1 aliphatic heterocycles. The zero-order valence-electron chi connectivity index (χ0n) is 19.3. The van der Waals surface area contributed by atoms with E-state index in [0.717, 1.165) is 0 Å². The van der Waals surface area contributed by atoms with Crippen LogP contribution in [0, 0.1) is 5.82 Å². The molecular weight excluding hydrogens is 512 g/mol. The average Bonchev–Trinajstić information content (AvgIpc) is 3.14. The smallest absolute Gasteiger partial charge is 0.300 e. The summed E-state index contributed by atoms with van der Waals surface area (Å²) in [6.07, 6.45) is 0. The van der Waals surface area contributed by atoms with Gasteiger partial charge in [0.1, 0.15) is 22.3 Å². The number of benzene rings is 3. The van der Waals surface area contributed by atoms with Crippen LogP contribution >= 0.6 is 23.2 Å². The minimum absolute atomic E-state index is 0.0119. The van der Waals surface area contributed by atoms with Gasteiger partial charge in [-0.05, 0) is 36.4 Å². The number of aliphatic hydroxyl groups is 1. The van der Waals surface area contributed by atoms with Crippen molar-refractivity contribution in [2.24, 2.45) is 0 Å². The molecule has 10 heteroatoms. The fourth-order valence-electron chi connectivity index (χ4n) is 4.18. The van der Waals surface area contributed by atoms with E-state index in [2.05, 4.69) is 0 Å². The SMILES string of the molecule is COc1ccccc1C1/C(=C(\O)c2cc(Cl)c(OC)c(Cl)c2OC)C(=O)C(=O)N1c1ccc(F)cc1. The van der Waals surface area contributed by atoms with Crippen molar-refractivity contribution in [3.63, 3.8) is 0 Å². The number of halogens is 3. The van der Waals surface area contributed by atoms with Gasteiger partial charge in [0, 0.05) is 11.3 Å². The molecule has 1 aliphatic rings. The third kappa shape index (κ3) is 4.12. The molecule has 7 nitrogen and oxygen atoms in total. The van der Waals surface area contributed by atoms with Crippen molar-refractivity contribution in [1.29, 1.82) is 0 Å². The molecule has 1 unspecified atom stereocenters. The number of aliphatic hydroxyl groups excluding tert-OH is 1. The molecule has 1 N–H and O–H groups in total. The van der Waals surface area contributed by atoms with Gasteiger partial charge in [0.25, 0.3) is 11.7 Å². The highest BCUT2D eigenvalue weighted by Crippen LogP contribution is 2.49. The molecule has 0 aromatic heterocycles. The van der Waals surface area contributed by atoms with Crippen molar-refractivity contribution < 1.29 is 33.3 Å². The van der Waals surface area contributed by atoms with E-state index >= 15 is 0 Å². The van der Waals surface area contributed by atoms with Gasteiger partial charge in [-0.3, -0.25) is 14.5 Å². The van der Waals surface area contributed by atoms with Crippen molar-refractivity contribution in [1.82, 2.24) is 0 Å². The lowest BCUT2D eigenvalue weighted by atomic mass is 9.94. The second kappa shape index (κ2) is 10.1. The largest absolute Gasteiger partial charge is 0.507 e. The van der Waals surface area contributed by atoms with Crippen LogP contribution in [0.25, 0.3) is 5.76 Å². The molecule has 0 saturated carbocycles. The molecule has 186 valence electrons. The maximum atomic E-state index is 13.6. The minimum atomic E-state index is -1.13. The lowest BCUT2D eigenvalue weighted by molar-refractivity contribution is -0.132. The lowest BCUT2D eigenvalue weighted by Crippen LogP contribution is -2.29. The number of rotatable bonds is 6. The highest BCUT2D eigenvalue weighted by molar-refractivity contribution is 6.52. The first kappa shape index (κ1) is 25.3. The molecule has 1 amide bonds. The number of carbonyl (C=O) groups is 2. The Labute approximate surface area is 216 Å². The molecule has 0 bridgehead atoms. The number of hydrogen-bond donors (Lipinski definition) is 1. The van der Waals surface area contributed by atoms with Gasteiger partial charge in [-0.1, -0.05) is 41.4 Å². The van der Waals surface area contributed by atoms with Crippen LogP contribution in [0.15, 0.2) is 60.2 Å². The van der Waals surface area contributed by atoms with Crippen LogP contribution in [-0.2, 0) is 9.59 Å². The summed E-state index contributed by atoms with van der Waals surface area (Å²) in [5.41, 5.74) is 0.371. The maximum Gasteiger partial charge on any atom is 0.300 e. The van der Waals surface area contributed by atoms with Gasteiger partial charge in [-0.15, -0.1) is 0 Å². The standard InChI is InChI=1S/C26H20Cl2FNO6/c1-34-18-7-5-4-6-15(18)21-19(23(32)26(33)30(21)14-10-8-13(29)9-11-14)22(31)16-12-17(27)25(36-3)20(28)24(16)35-2/h4-12,21,31H,1-3H3/b22-19+. The Hall–Kier alpha value is -3.75. The molecule has 0 spiro atoms. The molecule has 4 rings (SSSR count). The van der Waals surface area contributed by atoms with Gasteiger partial charge in [0.15, 0.2) is 11.5 Å². The number of para-hydroxylation sites is 1. The highest BCUT2D eigenvalue weighted by atomic mass is 35.5. The lowest BCUT2D eigenvalue weighted by Gasteiger charge is -2.26. The number of hydrogen-bond acceptors (Lipinski definition) is 6. The number of amides is 1. The van der Waals surface area contributed by atoms with Crippen LogP contribution < -0.4 is 19.1 Å². The molecule has 0 aliphatic carbocycles. The quantitative estimate of drug-likeness (QED) is 0.246. The van der Waals surface area contributed by atoms with Crippen molar-refractivity contribution >= 4 is 46.3 Å². The number of ether oxygens (including phenoxy) is 3. The van der Waals surface area contributed by atoms with Crippen molar-refractivity contribution in [3.05, 3.63) is 87.2 Å². The Morgan fingerprint density at radius 3 is 2.19 bits per heavy atom. The van der Waals surface area contributed by atoms with Crippen LogP contribution in [0.3, 0.4) is 0 Å². The van der Waals surface area contributed by atoms with Gasteiger partial charge in [0.2, 0.25) is 0 Å². The van der Waals surface area contributed by atoms with Crippen LogP contribution in [0.2, 0.25) is 10.0 Å². The molecule has 3 aromatic carbocycles. The first-order chi connectivity index (χ1) is 17.2. The van der Waals surface area contributed by atoms with E-state index in [1.54, 1.807) is 24.3 Å². The van der Waals surface area contributed by atoms with Crippen LogP contribution in [0.5, 0.6) is 17.2 Å². The normalized spacial score (nSPS) is 16.8. The Morgan fingerprint density at radius 1 is 0.944 bits per heavy atom. The molecule has 3 aromatic rings. The fraction of sp³-hybridized carbons (Fsp3) is 0.154. The molecule has 1 atom stereocenters. The summed E-state index contributed by atoms with van der Waals surface area (Å²) in [5, 5.41) is 11.5. The summed E-state index contributed by atoms with van der Waals surface area (Å²) < 4.78 is 29.7. The highest BCUT2D eigenvalue weighted by Gasteiger charge is 2.48. The van der Waals surface area contributed by atoms with E-state index in [1.807, 2.05) is 0 Å². The predicted molar refractivity (Wildman–Crippen MR) is 134 cm³/mol. The minimum Gasteiger partial charge on any atom is -0.507 e. The van der Waals surface area contributed by atoms with E-state index < -0.39 is 29.3 Å². The van der Waals surface area contributed by atoms with Gasteiger partial charge in [-0.25, -0.2) is 4.39 Å². The maximum absolute atomic E-state index is 13.6. The second-order valence-corrected chi connectivity index (χ2v) is 8.46. The molecular formula is C26H20Cl2FNO6. The number of Topliss-reactive ketones (excluding diaryl/α,β-unsaturated/α-hetero) is 1. The van der Waals surface area contributed by atoms with E-state index in [-0.39, 0.29) is 38.4 Å².